The Kier molecular flexibility index (Phi) is 3.80. The molecule has 7 heteroatoms. The van der Waals surface area contributed by atoms with Crippen molar-refractivity contribution in [1.29, 1.82) is 0 Å². The van der Waals surface area contributed by atoms with Crippen molar-refractivity contribution >= 4 is 43.5 Å². The fourth-order valence-electron chi connectivity index (χ4n) is 3.04. The van der Waals surface area contributed by atoms with Gasteiger partial charge >= 0.3 is 0 Å². The summed E-state index contributed by atoms with van der Waals surface area (Å²) in [6.07, 6.45) is 3.64. The number of rotatable bonds is 4. The highest BCUT2D eigenvalue weighted by Crippen LogP contribution is 2.36. The molecule has 0 radical (unpaired) electrons. The normalized spacial score (nSPS) is 11.7. The first kappa shape index (κ1) is 15.8. The zero-order chi connectivity index (χ0) is 17.6. The van der Waals surface area contributed by atoms with Crippen LogP contribution in [0.4, 0.5) is 10.9 Å². The van der Waals surface area contributed by atoms with E-state index >= 15 is 0 Å². The Morgan fingerprint density at radius 1 is 1.28 bits per heavy atom. The van der Waals surface area contributed by atoms with Gasteiger partial charge in [-0.1, -0.05) is 17.4 Å². The quantitative estimate of drug-likeness (QED) is 0.572. The van der Waals surface area contributed by atoms with E-state index in [1.165, 1.54) is 6.33 Å². The Morgan fingerprint density at radius 3 is 2.88 bits per heavy atom. The molecule has 0 aliphatic rings. The lowest BCUT2D eigenvalue weighted by Crippen LogP contribution is -2.00. The number of nitrogens with two attached hydrogens (primary N) is 1. The summed E-state index contributed by atoms with van der Waals surface area (Å²) in [5.41, 5.74) is 10.2. The van der Waals surface area contributed by atoms with Gasteiger partial charge in [-0.25, -0.2) is 15.0 Å². The van der Waals surface area contributed by atoms with Gasteiger partial charge < -0.3 is 15.6 Å². The molecular weight excluding hydrogens is 332 g/mol. The standard InChI is InChI=1S/C18H20N6S/c1-4-20-18-23-13-6-5-11(7-14(13)25-18)12-8-24(10(2)3)17-15(12)16(19)21-9-22-17/h5-10H,4H2,1-3H3,(H,20,23)(H2,19,21,22). The maximum atomic E-state index is 6.18. The molecule has 0 fully saturated rings. The van der Waals surface area contributed by atoms with Gasteiger partial charge in [-0.3, -0.25) is 0 Å². The first-order valence-electron chi connectivity index (χ1n) is 8.34. The van der Waals surface area contributed by atoms with Gasteiger partial charge in [0.1, 0.15) is 17.8 Å². The van der Waals surface area contributed by atoms with Crippen molar-refractivity contribution in [3.8, 4) is 11.1 Å². The topological polar surface area (TPSA) is 81.7 Å². The molecule has 0 saturated carbocycles. The molecule has 4 aromatic rings. The SMILES string of the molecule is CCNc1nc2ccc(-c3cn(C(C)C)c4ncnc(N)c34)cc2s1. The molecule has 0 aliphatic carbocycles. The lowest BCUT2D eigenvalue weighted by molar-refractivity contribution is 0.618. The summed E-state index contributed by atoms with van der Waals surface area (Å²) >= 11 is 1.66. The maximum Gasteiger partial charge on any atom is 0.183 e. The van der Waals surface area contributed by atoms with E-state index in [4.69, 9.17) is 5.73 Å². The van der Waals surface area contributed by atoms with E-state index in [9.17, 15) is 0 Å². The van der Waals surface area contributed by atoms with E-state index < -0.39 is 0 Å². The van der Waals surface area contributed by atoms with Crippen LogP contribution < -0.4 is 11.1 Å². The lowest BCUT2D eigenvalue weighted by Gasteiger charge is -2.07. The third-order valence-electron chi connectivity index (χ3n) is 4.22. The number of thiazole rings is 1. The predicted octanol–water partition coefficient (Wildman–Crippen LogP) is 4.30. The van der Waals surface area contributed by atoms with Crippen molar-refractivity contribution in [3.63, 3.8) is 0 Å². The average Bonchev–Trinajstić information content (AvgIpc) is 3.16. The van der Waals surface area contributed by atoms with Crippen molar-refractivity contribution in [3.05, 3.63) is 30.7 Å². The molecule has 0 spiro atoms. The van der Waals surface area contributed by atoms with Crippen LogP contribution in [0.5, 0.6) is 0 Å². The number of aromatic nitrogens is 4. The van der Waals surface area contributed by atoms with Crippen molar-refractivity contribution in [2.45, 2.75) is 26.8 Å². The van der Waals surface area contributed by atoms with E-state index in [1.54, 1.807) is 11.3 Å². The first-order valence-corrected chi connectivity index (χ1v) is 9.16. The van der Waals surface area contributed by atoms with Crippen molar-refractivity contribution in [1.82, 2.24) is 19.5 Å². The molecule has 3 heterocycles. The van der Waals surface area contributed by atoms with Crippen LogP contribution in [0.2, 0.25) is 0 Å². The van der Waals surface area contributed by atoms with Crippen LogP contribution in [0.15, 0.2) is 30.7 Å². The zero-order valence-electron chi connectivity index (χ0n) is 14.4. The number of hydrogen-bond donors (Lipinski definition) is 2. The number of anilines is 2. The Bertz CT molecular complexity index is 1060. The van der Waals surface area contributed by atoms with Crippen LogP contribution in [0.25, 0.3) is 32.4 Å². The molecule has 25 heavy (non-hydrogen) atoms. The van der Waals surface area contributed by atoms with Crippen molar-refractivity contribution in [2.75, 3.05) is 17.6 Å². The molecule has 3 N–H and O–H groups in total. The minimum absolute atomic E-state index is 0.290. The number of benzene rings is 1. The molecule has 0 atom stereocenters. The highest BCUT2D eigenvalue weighted by atomic mass is 32.1. The van der Waals surface area contributed by atoms with Crippen LogP contribution in [-0.4, -0.2) is 26.1 Å². The number of hydrogen-bond acceptors (Lipinski definition) is 6. The van der Waals surface area contributed by atoms with E-state index in [0.717, 1.165) is 44.1 Å². The van der Waals surface area contributed by atoms with Crippen molar-refractivity contribution in [2.24, 2.45) is 0 Å². The monoisotopic (exact) mass is 352 g/mol. The molecule has 0 unspecified atom stereocenters. The Hall–Kier alpha value is -2.67. The molecule has 128 valence electrons. The number of nitrogen functional groups attached to an aromatic ring is 1. The summed E-state index contributed by atoms with van der Waals surface area (Å²) in [4.78, 5) is 13.2. The molecule has 0 bridgehead atoms. The van der Waals surface area contributed by atoms with Crippen LogP contribution in [0.3, 0.4) is 0 Å². The Labute approximate surface area is 149 Å². The molecule has 1 aromatic carbocycles. The fraction of sp³-hybridized carbons (Fsp3) is 0.278. The van der Waals surface area contributed by atoms with E-state index in [2.05, 4.69) is 70.0 Å². The molecule has 6 nitrogen and oxygen atoms in total. The van der Waals surface area contributed by atoms with Crippen LogP contribution in [0.1, 0.15) is 26.8 Å². The van der Waals surface area contributed by atoms with Gasteiger partial charge in [0.25, 0.3) is 0 Å². The lowest BCUT2D eigenvalue weighted by atomic mass is 10.1. The van der Waals surface area contributed by atoms with Gasteiger partial charge in [0, 0.05) is 24.3 Å². The Balaban J connectivity index is 1.93. The highest BCUT2D eigenvalue weighted by molar-refractivity contribution is 7.22. The van der Waals surface area contributed by atoms with Crippen LogP contribution in [0, 0.1) is 0 Å². The predicted molar refractivity (Wildman–Crippen MR) is 105 cm³/mol. The van der Waals surface area contributed by atoms with Crippen LogP contribution in [-0.2, 0) is 0 Å². The smallest absolute Gasteiger partial charge is 0.183 e. The summed E-state index contributed by atoms with van der Waals surface area (Å²) in [7, 11) is 0. The molecule has 0 saturated heterocycles. The van der Waals surface area contributed by atoms with Gasteiger partial charge in [0.2, 0.25) is 0 Å². The molecule has 4 rings (SSSR count). The number of fused-ring (bicyclic) bond motifs is 2. The van der Waals surface area contributed by atoms with Gasteiger partial charge in [-0.2, -0.15) is 0 Å². The second kappa shape index (κ2) is 6.00. The average molecular weight is 352 g/mol. The third kappa shape index (κ3) is 2.60. The summed E-state index contributed by atoms with van der Waals surface area (Å²) in [5.74, 6) is 0.511. The Morgan fingerprint density at radius 2 is 2.12 bits per heavy atom. The van der Waals surface area contributed by atoms with Gasteiger partial charge in [0.05, 0.1) is 15.6 Å². The van der Waals surface area contributed by atoms with Gasteiger partial charge in [0.15, 0.2) is 5.13 Å². The van der Waals surface area contributed by atoms with Crippen molar-refractivity contribution < 1.29 is 0 Å². The maximum absolute atomic E-state index is 6.18. The molecule has 3 aromatic heterocycles. The van der Waals surface area contributed by atoms with E-state index in [0.29, 0.717) is 5.82 Å². The third-order valence-corrected chi connectivity index (χ3v) is 5.20. The second-order valence-corrected chi connectivity index (χ2v) is 7.26. The summed E-state index contributed by atoms with van der Waals surface area (Å²) < 4.78 is 3.29. The number of nitrogens with zero attached hydrogens (tertiary/aromatic N) is 4. The minimum Gasteiger partial charge on any atom is -0.383 e. The minimum atomic E-state index is 0.290. The summed E-state index contributed by atoms with van der Waals surface area (Å²) in [5, 5.41) is 5.13. The summed E-state index contributed by atoms with van der Waals surface area (Å²) in [6, 6.07) is 6.60. The van der Waals surface area contributed by atoms with E-state index in [1.807, 2.05) is 0 Å². The molecule has 0 aliphatic heterocycles. The largest absolute Gasteiger partial charge is 0.383 e. The summed E-state index contributed by atoms with van der Waals surface area (Å²) in [6.45, 7) is 7.21. The van der Waals surface area contributed by atoms with E-state index in [-0.39, 0.29) is 6.04 Å². The molecular formula is C18H20N6S. The van der Waals surface area contributed by atoms with Gasteiger partial charge in [-0.15, -0.1) is 0 Å². The zero-order valence-corrected chi connectivity index (χ0v) is 15.3. The molecule has 0 amide bonds. The number of nitrogens with one attached hydrogen (secondary N) is 1. The second-order valence-electron chi connectivity index (χ2n) is 6.23. The highest BCUT2D eigenvalue weighted by Gasteiger charge is 2.17. The van der Waals surface area contributed by atoms with Gasteiger partial charge in [-0.05, 0) is 38.5 Å². The van der Waals surface area contributed by atoms with Crippen LogP contribution >= 0.6 is 11.3 Å². The fourth-order valence-corrected chi connectivity index (χ4v) is 4.01. The first-order chi connectivity index (χ1) is 12.1.